The van der Waals surface area contributed by atoms with E-state index in [4.69, 9.17) is 4.74 Å². The lowest BCUT2D eigenvalue weighted by atomic mass is 9.51. The van der Waals surface area contributed by atoms with E-state index in [1.165, 1.54) is 7.11 Å². The molecule has 138 valence electrons. The van der Waals surface area contributed by atoms with Gasteiger partial charge in [-0.05, 0) is 16.7 Å². The smallest absolute Gasteiger partial charge is 0.309 e. The van der Waals surface area contributed by atoms with E-state index < -0.39 is 0 Å². The number of carbonyl (C=O) groups is 2. The molecular formula is C25H20O3. The number of fused-ring (bicyclic) bond motifs is 5. The van der Waals surface area contributed by atoms with Crippen molar-refractivity contribution in [3.63, 3.8) is 0 Å². The third kappa shape index (κ3) is 2.29. The monoisotopic (exact) mass is 368 g/mol. The SMILES string of the molecule is COC(=O)[C@@H]1[C@H]2c3ccccc3C(=O)c3ccccc3[C@H]2[C@H]1c1ccccc1. The highest BCUT2D eigenvalue weighted by atomic mass is 16.5. The molecular weight excluding hydrogens is 348 g/mol. The molecule has 2 aliphatic carbocycles. The van der Waals surface area contributed by atoms with E-state index in [0.717, 1.165) is 22.3 Å². The predicted molar refractivity (Wildman–Crippen MR) is 106 cm³/mol. The third-order valence-corrected chi connectivity index (χ3v) is 6.33. The molecule has 0 unspecified atom stereocenters. The largest absolute Gasteiger partial charge is 0.469 e. The maximum atomic E-state index is 13.3. The van der Waals surface area contributed by atoms with E-state index in [1.807, 2.05) is 66.7 Å². The van der Waals surface area contributed by atoms with Gasteiger partial charge < -0.3 is 4.74 Å². The number of ether oxygens (including phenoxy) is 1. The van der Waals surface area contributed by atoms with Gasteiger partial charge in [-0.3, -0.25) is 9.59 Å². The average Bonchev–Trinajstić information content (AvgIpc) is 2.81. The molecule has 0 bridgehead atoms. The highest BCUT2D eigenvalue weighted by Crippen LogP contribution is 2.64. The molecule has 4 atom stereocenters. The summed E-state index contributed by atoms with van der Waals surface area (Å²) < 4.78 is 5.20. The normalized spacial score (nSPS) is 24.8. The van der Waals surface area contributed by atoms with E-state index in [-0.39, 0.29) is 35.4 Å². The lowest BCUT2D eigenvalue weighted by Crippen LogP contribution is -2.46. The van der Waals surface area contributed by atoms with Gasteiger partial charge in [0.15, 0.2) is 5.78 Å². The van der Waals surface area contributed by atoms with Crippen LogP contribution in [0.1, 0.15) is 50.4 Å². The van der Waals surface area contributed by atoms with Crippen LogP contribution < -0.4 is 0 Å². The lowest BCUT2D eigenvalue weighted by molar-refractivity contribution is -0.151. The second-order valence-corrected chi connectivity index (χ2v) is 7.54. The molecule has 28 heavy (non-hydrogen) atoms. The second-order valence-electron chi connectivity index (χ2n) is 7.54. The number of benzene rings is 3. The van der Waals surface area contributed by atoms with Gasteiger partial charge in [0.25, 0.3) is 0 Å². The number of rotatable bonds is 2. The predicted octanol–water partition coefficient (Wildman–Crippen LogP) is 4.69. The van der Waals surface area contributed by atoms with E-state index in [0.29, 0.717) is 5.56 Å². The Hall–Kier alpha value is -3.20. The fraction of sp³-hybridized carbons (Fsp3) is 0.200. The van der Waals surface area contributed by atoms with Gasteiger partial charge in [0.05, 0.1) is 13.0 Å². The topological polar surface area (TPSA) is 43.4 Å². The zero-order valence-corrected chi connectivity index (χ0v) is 15.5. The summed E-state index contributed by atoms with van der Waals surface area (Å²) in [5, 5.41) is 0. The second kappa shape index (κ2) is 6.45. The summed E-state index contributed by atoms with van der Waals surface area (Å²) in [4.78, 5) is 26.2. The first-order valence-corrected chi connectivity index (χ1v) is 9.57. The summed E-state index contributed by atoms with van der Waals surface area (Å²) in [6.45, 7) is 0. The first-order valence-electron chi connectivity index (χ1n) is 9.57. The Morgan fingerprint density at radius 2 is 1.25 bits per heavy atom. The minimum absolute atomic E-state index is 0.0150. The molecule has 1 saturated carbocycles. The van der Waals surface area contributed by atoms with Crippen LogP contribution in [0.3, 0.4) is 0 Å². The standard InChI is InChI=1S/C25H20O3/c1-28-25(27)23-20(15-9-3-2-4-10-15)21-16-11-5-7-13-18(16)24(26)19-14-8-6-12-17(19)22(21)23/h2-14,20-23H,1H3/t20-,21+,22+,23+/m1/s1. The van der Waals surface area contributed by atoms with Crippen LogP contribution in [-0.2, 0) is 9.53 Å². The van der Waals surface area contributed by atoms with Gasteiger partial charge >= 0.3 is 5.97 Å². The molecule has 3 aromatic rings. The molecule has 0 heterocycles. The minimum atomic E-state index is -0.308. The van der Waals surface area contributed by atoms with Crippen molar-refractivity contribution in [2.45, 2.75) is 17.8 Å². The fourth-order valence-electron chi connectivity index (χ4n) is 5.18. The molecule has 0 radical (unpaired) electrons. The molecule has 3 nitrogen and oxygen atoms in total. The first kappa shape index (κ1) is 16.9. The summed E-state index contributed by atoms with van der Waals surface area (Å²) in [5.41, 5.74) is 4.54. The van der Waals surface area contributed by atoms with Crippen molar-refractivity contribution in [2.24, 2.45) is 5.92 Å². The Labute approximate surface area is 164 Å². The minimum Gasteiger partial charge on any atom is -0.469 e. The van der Waals surface area contributed by atoms with E-state index in [2.05, 4.69) is 12.1 Å². The Bertz CT molecular complexity index is 1070. The summed E-state index contributed by atoms with van der Waals surface area (Å²) in [5.74, 6) is -0.499. The number of carbonyl (C=O) groups excluding carboxylic acids is 2. The molecule has 0 aromatic heterocycles. The van der Waals surface area contributed by atoms with Crippen molar-refractivity contribution in [1.82, 2.24) is 0 Å². The highest BCUT2D eigenvalue weighted by Gasteiger charge is 2.58. The van der Waals surface area contributed by atoms with Crippen LogP contribution in [0.4, 0.5) is 0 Å². The third-order valence-electron chi connectivity index (χ3n) is 6.33. The zero-order chi connectivity index (χ0) is 19.3. The van der Waals surface area contributed by atoms with Gasteiger partial charge in [0.1, 0.15) is 0 Å². The Balaban J connectivity index is 1.77. The molecule has 0 spiro atoms. The van der Waals surface area contributed by atoms with Gasteiger partial charge in [-0.25, -0.2) is 0 Å². The molecule has 2 aliphatic rings. The van der Waals surface area contributed by atoms with Crippen LogP contribution in [0.25, 0.3) is 0 Å². The number of ketones is 1. The molecule has 3 aromatic carbocycles. The van der Waals surface area contributed by atoms with Gasteiger partial charge in [-0.15, -0.1) is 0 Å². The van der Waals surface area contributed by atoms with Crippen LogP contribution >= 0.6 is 0 Å². The first-order chi connectivity index (χ1) is 13.7. The highest BCUT2D eigenvalue weighted by molar-refractivity contribution is 6.12. The summed E-state index contributed by atoms with van der Waals surface area (Å²) in [6.07, 6.45) is 0. The van der Waals surface area contributed by atoms with Gasteiger partial charge in [-0.1, -0.05) is 78.9 Å². The van der Waals surface area contributed by atoms with Gasteiger partial charge in [0.2, 0.25) is 0 Å². The van der Waals surface area contributed by atoms with E-state index in [1.54, 1.807) is 0 Å². The van der Waals surface area contributed by atoms with Crippen molar-refractivity contribution >= 4 is 11.8 Å². The van der Waals surface area contributed by atoms with Gasteiger partial charge in [-0.2, -0.15) is 0 Å². The van der Waals surface area contributed by atoms with E-state index in [9.17, 15) is 9.59 Å². The maximum Gasteiger partial charge on any atom is 0.309 e. The van der Waals surface area contributed by atoms with Crippen LogP contribution in [0.2, 0.25) is 0 Å². The average molecular weight is 368 g/mol. The fourth-order valence-corrected chi connectivity index (χ4v) is 5.18. The molecule has 3 heteroatoms. The molecule has 1 fully saturated rings. The molecule has 0 aliphatic heterocycles. The lowest BCUT2D eigenvalue weighted by Gasteiger charge is -2.51. The Kier molecular flexibility index (Phi) is 3.90. The van der Waals surface area contributed by atoms with Crippen molar-refractivity contribution in [3.8, 4) is 0 Å². The van der Waals surface area contributed by atoms with Gasteiger partial charge in [0, 0.05) is 28.9 Å². The maximum absolute atomic E-state index is 13.3. The van der Waals surface area contributed by atoms with Crippen LogP contribution in [-0.4, -0.2) is 18.9 Å². The zero-order valence-electron chi connectivity index (χ0n) is 15.5. The van der Waals surface area contributed by atoms with E-state index >= 15 is 0 Å². The number of methoxy groups -OCH3 is 1. The quantitative estimate of drug-likeness (QED) is 0.617. The van der Waals surface area contributed by atoms with Crippen LogP contribution in [0.5, 0.6) is 0 Å². The number of hydrogen-bond donors (Lipinski definition) is 0. The molecule has 0 amide bonds. The Morgan fingerprint density at radius 1 is 0.714 bits per heavy atom. The van der Waals surface area contributed by atoms with Crippen LogP contribution in [0, 0.1) is 5.92 Å². The van der Waals surface area contributed by atoms with Crippen molar-refractivity contribution in [2.75, 3.05) is 7.11 Å². The summed E-state index contributed by atoms with van der Waals surface area (Å²) >= 11 is 0. The Morgan fingerprint density at radius 3 is 1.86 bits per heavy atom. The molecule has 5 rings (SSSR count). The van der Waals surface area contributed by atoms with Crippen LogP contribution in [0.15, 0.2) is 78.9 Å². The summed E-state index contributed by atoms with van der Waals surface area (Å²) in [7, 11) is 1.44. The number of esters is 1. The molecule has 0 saturated heterocycles. The van der Waals surface area contributed by atoms with Crippen molar-refractivity contribution in [1.29, 1.82) is 0 Å². The molecule has 0 N–H and O–H groups in total. The van der Waals surface area contributed by atoms with Crippen molar-refractivity contribution < 1.29 is 14.3 Å². The van der Waals surface area contributed by atoms with Crippen molar-refractivity contribution in [3.05, 3.63) is 107 Å². The summed E-state index contributed by atoms with van der Waals surface area (Å²) in [6, 6.07) is 25.7. The number of hydrogen-bond acceptors (Lipinski definition) is 3.